The average molecular weight is 343 g/mol. The van der Waals surface area contributed by atoms with Crippen LogP contribution in [-0.2, 0) is 9.53 Å². The lowest BCUT2D eigenvalue weighted by Crippen LogP contribution is -2.53. The first-order valence-corrected chi connectivity index (χ1v) is 9.78. The van der Waals surface area contributed by atoms with E-state index in [9.17, 15) is 9.59 Å². The minimum Gasteiger partial charge on any atom is -0.444 e. The molecule has 6 heteroatoms. The number of carbonyl (C=O) groups excluding carboxylic acids is 2. The van der Waals surface area contributed by atoms with Crippen LogP contribution in [0.4, 0.5) is 4.79 Å². The number of amides is 2. The van der Waals surface area contributed by atoms with E-state index in [2.05, 4.69) is 12.2 Å². The summed E-state index contributed by atoms with van der Waals surface area (Å²) in [6.07, 6.45) is 3.75. The third kappa shape index (κ3) is 5.59. The number of nitrogens with one attached hydrogen (secondary N) is 1. The fraction of sp³-hybridized carbons (Fsp3) is 0.882. The summed E-state index contributed by atoms with van der Waals surface area (Å²) < 4.78 is 5.37. The molecule has 1 aliphatic carbocycles. The molecule has 1 N–H and O–H groups in total. The third-order valence-corrected chi connectivity index (χ3v) is 5.50. The first-order chi connectivity index (χ1) is 10.8. The van der Waals surface area contributed by atoms with E-state index in [0.717, 1.165) is 43.9 Å². The molecule has 1 saturated heterocycles. The van der Waals surface area contributed by atoms with E-state index in [-0.39, 0.29) is 11.8 Å². The Bertz CT molecular complexity index is 422. The first kappa shape index (κ1) is 18.4. The van der Waals surface area contributed by atoms with E-state index in [1.165, 1.54) is 0 Å². The molecule has 2 aliphatic rings. The summed E-state index contributed by atoms with van der Waals surface area (Å²) in [6.45, 7) is 8.54. The number of ether oxygens (including phenoxy) is 1. The van der Waals surface area contributed by atoms with Crippen molar-refractivity contribution in [1.82, 2.24) is 10.2 Å². The molecule has 2 rings (SSSR count). The van der Waals surface area contributed by atoms with Gasteiger partial charge in [-0.05, 0) is 45.4 Å². The molecule has 2 fully saturated rings. The molecule has 0 aromatic heterocycles. The molecule has 1 saturated carbocycles. The summed E-state index contributed by atoms with van der Waals surface area (Å²) in [6, 6.07) is -0.448. The summed E-state index contributed by atoms with van der Waals surface area (Å²) >= 11 is 1.76. The van der Waals surface area contributed by atoms with Gasteiger partial charge in [-0.3, -0.25) is 4.79 Å². The van der Waals surface area contributed by atoms with Crippen molar-refractivity contribution in [2.75, 3.05) is 18.2 Å². The molecular formula is C17H30N2O3S. The second-order valence-electron chi connectivity index (χ2n) is 7.78. The smallest absolute Gasteiger partial charge is 0.408 e. The topological polar surface area (TPSA) is 58.6 Å². The van der Waals surface area contributed by atoms with Gasteiger partial charge in [-0.25, -0.2) is 4.79 Å². The number of nitrogens with zero attached hydrogens (tertiary/aromatic N) is 1. The average Bonchev–Trinajstić information content (AvgIpc) is 2.97. The van der Waals surface area contributed by atoms with Gasteiger partial charge in [0, 0.05) is 12.3 Å². The van der Waals surface area contributed by atoms with Crippen molar-refractivity contribution in [2.45, 2.75) is 65.0 Å². The summed E-state index contributed by atoms with van der Waals surface area (Å²) in [5.74, 6) is 2.70. The second-order valence-corrected chi connectivity index (χ2v) is 8.86. The monoisotopic (exact) mass is 342 g/mol. The fourth-order valence-electron chi connectivity index (χ4n) is 3.22. The van der Waals surface area contributed by atoms with Gasteiger partial charge in [0.05, 0.1) is 5.88 Å². The van der Waals surface area contributed by atoms with Gasteiger partial charge in [0.15, 0.2) is 0 Å². The van der Waals surface area contributed by atoms with E-state index < -0.39 is 17.7 Å². The van der Waals surface area contributed by atoms with E-state index in [4.69, 9.17) is 4.74 Å². The van der Waals surface area contributed by atoms with E-state index in [0.29, 0.717) is 5.92 Å². The van der Waals surface area contributed by atoms with Crippen LogP contribution in [0.25, 0.3) is 0 Å². The molecule has 0 radical (unpaired) electrons. The minimum absolute atomic E-state index is 0.0559. The molecule has 0 bridgehead atoms. The van der Waals surface area contributed by atoms with Crippen molar-refractivity contribution in [3.8, 4) is 0 Å². The Morgan fingerprint density at radius 2 is 1.87 bits per heavy atom. The molecule has 0 aromatic rings. The van der Waals surface area contributed by atoms with Crippen molar-refractivity contribution in [1.29, 1.82) is 0 Å². The van der Waals surface area contributed by atoms with Crippen molar-refractivity contribution in [3.63, 3.8) is 0 Å². The summed E-state index contributed by atoms with van der Waals surface area (Å²) in [5.41, 5.74) is -0.553. The standard InChI is InChI=1S/C17H30N2O3S/c1-12-5-7-13(8-6-12)14(15(20)19-9-10-23-11-19)18-16(21)22-17(2,3)4/h12-14H,5-11H2,1-4H3,(H,18,21)/t12?,13?,14-/m0/s1. The Morgan fingerprint density at radius 1 is 1.22 bits per heavy atom. The van der Waals surface area contributed by atoms with Crippen LogP contribution in [0.15, 0.2) is 0 Å². The zero-order valence-corrected chi connectivity index (χ0v) is 15.6. The van der Waals surface area contributed by atoms with Crippen LogP contribution in [0.2, 0.25) is 0 Å². The molecule has 2 amide bonds. The molecule has 23 heavy (non-hydrogen) atoms. The highest BCUT2D eigenvalue weighted by molar-refractivity contribution is 7.99. The van der Waals surface area contributed by atoms with Crippen molar-refractivity contribution in [2.24, 2.45) is 11.8 Å². The van der Waals surface area contributed by atoms with E-state index in [1.807, 2.05) is 25.7 Å². The third-order valence-electron chi connectivity index (χ3n) is 4.53. The summed E-state index contributed by atoms with van der Waals surface area (Å²) in [7, 11) is 0. The highest BCUT2D eigenvalue weighted by atomic mass is 32.2. The molecule has 132 valence electrons. The van der Waals surface area contributed by atoms with Gasteiger partial charge < -0.3 is 15.0 Å². The molecule has 1 aliphatic heterocycles. The number of alkyl carbamates (subject to hydrolysis) is 1. The lowest BCUT2D eigenvalue weighted by atomic mass is 9.79. The van der Waals surface area contributed by atoms with Crippen molar-refractivity contribution >= 4 is 23.8 Å². The predicted molar refractivity (Wildman–Crippen MR) is 93.3 cm³/mol. The van der Waals surface area contributed by atoms with Gasteiger partial charge in [0.1, 0.15) is 11.6 Å². The Kier molecular flexibility index (Phi) is 6.23. The van der Waals surface area contributed by atoms with Gasteiger partial charge in [-0.1, -0.05) is 19.8 Å². The molecule has 1 atom stereocenters. The molecular weight excluding hydrogens is 312 g/mol. The zero-order chi connectivity index (χ0) is 17.0. The lowest BCUT2D eigenvalue weighted by molar-refractivity contribution is -0.133. The second kappa shape index (κ2) is 7.77. The van der Waals surface area contributed by atoms with E-state index in [1.54, 1.807) is 11.8 Å². The Morgan fingerprint density at radius 3 is 2.39 bits per heavy atom. The highest BCUT2D eigenvalue weighted by Crippen LogP contribution is 2.32. The maximum Gasteiger partial charge on any atom is 0.408 e. The van der Waals surface area contributed by atoms with Crippen molar-refractivity contribution < 1.29 is 14.3 Å². The summed E-state index contributed by atoms with van der Waals surface area (Å²) in [5, 5.41) is 2.87. The zero-order valence-electron chi connectivity index (χ0n) is 14.8. The van der Waals surface area contributed by atoms with Gasteiger partial charge in [-0.2, -0.15) is 0 Å². The van der Waals surface area contributed by atoms with Crippen LogP contribution in [0, 0.1) is 11.8 Å². The number of carbonyl (C=O) groups is 2. The quantitative estimate of drug-likeness (QED) is 0.855. The lowest BCUT2D eigenvalue weighted by Gasteiger charge is -2.34. The summed E-state index contributed by atoms with van der Waals surface area (Å²) in [4.78, 5) is 26.9. The predicted octanol–water partition coefficient (Wildman–Crippen LogP) is 3.24. The molecule has 0 spiro atoms. The maximum atomic E-state index is 12.9. The normalized spacial score (nSPS) is 26.7. The fourth-order valence-corrected chi connectivity index (χ4v) is 4.17. The number of hydrogen-bond acceptors (Lipinski definition) is 4. The number of thioether (sulfide) groups is 1. The van der Waals surface area contributed by atoms with Gasteiger partial charge in [-0.15, -0.1) is 11.8 Å². The maximum absolute atomic E-state index is 12.9. The number of hydrogen-bond donors (Lipinski definition) is 1. The van der Waals surface area contributed by atoms with E-state index >= 15 is 0 Å². The molecule has 1 heterocycles. The first-order valence-electron chi connectivity index (χ1n) is 8.62. The van der Waals surface area contributed by atoms with Crippen LogP contribution in [0.5, 0.6) is 0 Å². The Labute approximate surface area is 143 Å². The van der Waals surface area contributed by atoms with Crippen LogP contribution < -0.4 is 5.32 Å². The van der Waals surface area contributed by atoms with Crippen LogP contribution in [-0.4, -0.2) is 46.7 Å². The molecule has 5 nitrogen and oxygen atoms in total. The van der Waals surface area contributed by atoms with Crippen molar-refractivity contribution in [3.05, 3.63) is 0 Å². The highest BCUT2D eigenvalue weighted by Gasteiger charge is 2.36. The van der Waals surface area contributed by atoms with Crippen LogP contribution in [0.1, 0.15) is 53.4 Å². The van der Waals surface area contributed by atoms with Gasteiger partial charge >= 0.3 is 6.09 Å². The van der Waals surface area contributed by atoms with Crippen LogP contribution >= 0.6 is 11.8 Å². The number of rotatable bonds is 3. The molecule has 0 aromatic carbocycles. The van der Waals surface area contributed by atoms with Gasteiger partial charge in [0.25, 0.3) is 0 Å². The molecule has 0 unspecified atom stereocenters. The van der Waals surface area contributed by atoms with Crippen LogP contribution in [0.3, 0.4) is 0 Å². The largest absolute Gasteiger partial charge is 0.444 e. The Balaban J connectivity index is 2.04. The SMILES string of the molecule is CC1CCC([C@H](NC(=O)OC(C)(C)C)C(=O)N2CCSC2)CC1. The van der Waals surface area contributed by atoms with Gasteiger partial charge in [0.2, 0.25) is 5.91 Å². The minimum atomic E-state index is -0.553. The Hall–Kier alpha value is -0.910.